The zero-order valence-corrected chi connectivity index (χ0v) is 19.8. The van der Waals surface area contributed by atoms with Crippen LogP contribution in [-0.2, 0) is 10.3 Å². The highest BCUT2D eigenvalue weighted by Gasteiger charge is 2.59. The lowest BCUT2D eigenvalue weighted by Crippen LogP contribution is -2.58. The minimum Gasteiger partial charge on any atom is -0.497 e. The van der Waals surface area contributed by atoms with Crippen LogP contribution in [0.2, 0.25) is 0 Å². The van der Waals surface area contributed by atoms with Crippen LogP contribution in [0.15, 0.2) is 54.9 Å². The normalized spacial score (nSPS) is 18.3. The maximum atomic E-state index is 14.8. The minimum absolute atomic E-state index is 0.0357. The van der Waals surface area contributed by atoms with Crippen LogP contribution in [-0.4, -0.2) is 52.2 Å². The summed E-state index contributed by atoms with van der Waals surface area (Å²) < 4.78 is 92.6. The van der Waals surface area contributed by atoms with Gasteiger partial charge in [0, 0.05) is 12.8 Å². The van der Waals surface area contributed by atoms with E-state index in [4.69, 9.17) is 9.47 Å². The molecule has 0 radical (unpaired) electrons. The van der Waals surface area contributed by atoms with Crippen molar-refractivity contribution >= 4 is 17.2 Å². The summed E-state index contributed by atoms with van der Waals surface area (Å²) in [5, 5.41) is 12.8. The second-order valence-electron chi connectivity index (χ2n) is 8.44. The van der Waals surface area contributed by atoms with Crippen molar-refractivity contribution in [2.75, 3.05) is 13.7 Å². The number of halogens is 6. The van der Waals surface area contributed by atoms with E-state index in [1.54, 1.807) is 12.1 Å². The molecule has 0 fully saturated rings. The molecule has 1 N–H and O–H groups in total. The van der Waals surface area contributed by atoms with Gasteiger partial charge in [-0.15, -0.1) is 5.10 Å². The molecule has 0 bridgehead atoms. The molecule has 0 saturated heterocycles. The van der Waals surface area contributed by atoms with Gasteiger partial charge in [-0.1, -0.05) is 24.3 Å². The van der Waals surface area contributed by atoms with Gasteiger partial charge >= 0.3 is 12.4 Å². The first-order chi connectivity index (χ1) is 17.9. The predicted octanol–water partition coefficient (Wildman–Crippen LogP) is 4.75. The van der Waals surface area contributed by atoms with Crippen molar-refractivity contribution in [2.24, 2.45) is 0 Å². The molecule has 202 valence electrons. The van der Waals surface area contributed by atoms with E-state index in [0.717, 1.165) is 23.1 Å². The third-order valence-corrected chi connectivity index (χ3v) is 5.99. The van der Waals surface area contributed by atoms with E-state index >= 15 is 0 Å². The Kier molecular flexibility index (Phi) is 7.33. The fourth-order valence-electron chi connectivity index (χ4n) is 4.13. The van der Waals surface area contributed by atoms with Gasteiger partial charge in [-0.2, -0.15) is 31.0 Å². The van der Waals surface area contributed by atoms with E-state index in [9.17, 15) is 31.1 Å². The van der Waals surface area contributed by atoms with Gasteiger partial charge in [-0.05, 0) is 57.8 Å². The van der Waals surface area contributed by atoms with E-state index in [2.05, 4.69) is 20.8 Å². The first-order valence-corrected chi connectivity index (χ1v) is 11.2. The Labute approximate surface area is 212 Å². The Hall–Kier alpha value is -4.10. The number of carbonyl (C=O) groups is 1. The molecule has 4 rings (SSSR count). The van der Waals surface area contributed by atoms with Crippen molar-refractivity contribution in [1.29, 1.82) is 0 Å². The SMILES string of the molecule is COc1ccc(C2=C(n3cnnn3)C(=O)NC(c3ccc(OCCCC(F)(F)F)cc3)(C(F)(F)F)C2)cc1. The van der Waals surface area contributed by atoms with E-state index in [1.165, 1.54) is 31.4 Å². The van der Waals surface area contributed by atoms with Crippen molar-refractivity contribution in [3.8, 4) is 11.5 Å². The average molecular weight is 541 g/mol. The highest BCUT2D eigenvalue weighted by molar-refractivity contribution is 6.23. The molecule has 0 saturated carbocycles. The van der Waals surface area contributed by atoms with Crippen molar-refractivity contribution in [2.45, 2.75) is 37.2 Å². The molecule has 0 aliphatic carbocycles. The van der Waals surface area contributed by atoms with Gasteiger partial charge in [0.15, 0.2) is 5.54 Å². The topological polar surface area (TPSA) is 91.2 Å². The van der Waals surface area contributed by atoms with Gasteiger partial charge in [0.05, 0.1) is 13.7 Å². The minimum atomic E-state index is -4.94. The number of amides is 1. The van der Waals surface area contributed by atoms with Crippen molar-refractivity contribution in [3.05, 3.63) is 66.0 Å². The standard InChI is InChI=1S/C24H21F6N5O3/c1-37-17-7-3-15(4-8-17)19-13-22(24(28,29)30,32-21(36)20(19)35-14-31-33-34-35)16-5-9-18(10-6-16)38-12-2-11-23(25,26)27/h3-10,14H,2,11-13H2,1H3,(H,32,36). The fourth-order valence-corrected chi connectivity index (χ4v) is 4.13. The number of aromatic nitrogens is 4. The highest BCUT2D eigenvalue weighted by Crippen LogP contribution is 2.49. The van der Waals surface area contributed by atoms with Crippen molar-refractivity contribution < 1.29 is 40.6 Å². The second kappa shape index (κ2) is 10.3. The summed E-state index contributed by atoms with van der Waals surface area (Å²) >= 11 is 0. The number of nitrogens with one attached hydrogen (secondary N) is 1. The highest BCUT2D eigenvalue weighted by atomic mass is 19.4. The van der Waals surface area contributed by atoms with Gasteiger partial charge in [-0.25, -0.2) is 0 Å². The molecule has 0 spiro atoms. The number of hydrogen-bond donors (Lipinski definition) is 1. The van der Waals surface area contributed by atoms with E-state index in [0.29, 0.717) is 11.3 Å². The van der Waals surface area contributed by atoms with Crippen LogP contribution in [0.3, 0.4) is 0 Å². The summed E-state index contributed by atoms with van der Waals surface area (Å²) in [7, 11) is 1.44. The Morgan fingerprint density at radius 3 is 2.21 bits per heavy atom. The first-order valence-electron chi connectivity index (χ1n) is 11.2. The Balaban J connectivity index is 1.71. The number of tetrazole rings is 1. The predicted molar refractivity (Wildman–Crippen MR) is 122 cm³/mol. The van der Waals surface area contributed by atoms with Crippen LogP contribution >= 0.6 is 0 Å². The molecule has 1 aliphatic rings. The monoisotopic (exact) mass is 541 g/mol. The van der Waals surface area contributed by atoms with E-state index < -0.39 is 36.6 Å². The van der Waals surface area contributed by atoms with Crippen LogP contribution in [0.5, 0.6) is 11.5 Å². The third-order valence-electron chi connectivity index (χ3n) is 5.99. The van der Waals surface area contributed by atoms with Gasteiger partial charge in [0.25, 0.3) is 5.91 Å². The average Bonchev–Trinajstić information content (AvgIpc) is 3.40. The Morgan fingerprint density at radius 2 is 1.66 bits per heavy atom. The molecule has 1 aliphatic heterocycles. The van der Waals surface area contributed by atoms with Crippen molar-refractivity contribution in [1.82, 2.24) is 25.5 Å². The number of alkyl halides is 6. The lowest BCUT2D eigenvalue weighted by atomic mass is 9.77. The zero-order chi connectivity index (χ0) is 27.6. The third kappa shape index (κ3) is 5.58. The van der Waals surface area contributed by atoms with Crippen LogP contribution < -0.4 is 14.8 Å². The van der Waals surface area contributed by atoms with Crippen LogP contribution in [0.25, 0.3) is 11.3 Å². The Morgan fingerprint density at radius 1 is 1.00 bits per heavy atom. The maximum absolute atomic E-state index is 14.8. The number of methoxy groups -OCH3 is 1. The maximum Gasteiger partial charge on any atom is 0.416 e. The van der Waals surface area contributed by atoms with Crippen LogP contribution in [0, 0.1) is 0 Å². The molecule has 1 atom stereocenters. The van der Waals surface area contributed by atoms with Gasteiger partial charge in [0.2, 0.25) is 0 Å². The van der Waals surface area contributed by atoms with Crippen LogP contribution in [0.4, 0.5) is 26.3 Å². The smallest absolute Gasteiger partial charge is 0.416 e. The van der Waals surface area contributed by atoms with E-state index in [-0.39, 0.29) is 35.6 Å². The number of benzene rings is 2. The first kappa shape index (κ1) is 26.9. The molecular weight excluding hydrogens is 520 g/mol. The summed E-state index contributed by atoms with van der Waals surface area (Å²) in [6, 6.07) is 10.8. The number of hydrogen-bond acceptors (Lipinski definition) is 6. The van der Waals surface area contributed by atoms with Crippen molar-refractivity contribution in [3.63, 3.8) is 0 Å². The second-order valence-corrected chi connectivity index (χ2v) is 8.44. The van der Waals surface area contributed by atoms with Crippen LogP contribution in [0.1, 0.15) is 30.4 Å². The number of ether oxygens (including phenoxy) is 2. The van der Waals surface area contributed by atoms with E-state index in [1.807, 2.05) is 0 Å². The Bertz CT molecular complexity index is 1290. The molecule has 2 aromatic carbocycles. The summed E-state index contributed by atoms with van der Waals surface area (Å²) in [5.41, 5.74) is -2.93. The number of rotatable bonds is 8. The molecule has 1 unspecified atom stereocenters. The molecule has 1 aromatic heterocycles. The van der Waals surface area contributed by atoms with Gasteiger partial charge in [0.1, 0.15) is 23.5 Å². The molecule has 8 nitrogen and oxygen atoms in total. The molecule has 2 heterocycles. The lowest BCUT2D eigenvalue weighted by Gasteiger charge is -2.41. The molecule has 1 amide bonds. The lowest BCUT2D eigenvalue weighted by molar-refractivity contribution is -0.201. The summed E-state index contributed by atoms with van der Waals surface area (Å²) in [4.78, 5) is 13.2. The summed E-state index contributed by atoms with van der Waals surface area (Å²) in [5.74, 6) is -0.499. The van der Waals surface area contributed by atoms with Gasteiger partial charge in [-0.3, -0.25) is 4.79 Å². The molecular formula is C24H21F6N5O3. The van der Waals surface area contributed by atoms with Gasteiger partial charge < -0.3 is 14.8 Å². The number of nitrogens with zero attached hydrogens (tertiary/aromatic N) is 4. The molecule has 38 heavy (non-hydrogen) atoms. The molecule has 3 aromatic rings. The number of carbonyl (C=O) groups excluding carboxylic acids is 1. The quantitative estimate of drug-likeness (QED) is 0.327. The fraction of sp³-hybridized carbons (Fsp3) is 0.333. The molecule has 14 heteroatoms. The summed E-state index contributed by atoms with van der Waals surface area (Å²) in [6.45, 7) is -0.264. The summed E-state index contributed by atoms with van der Waals surface area (Å²) in [6.07, 6.45) is -10.2. The largest absolute Gasteiger partial charge is 0.497 e. The zero-order valence-electron chi connectivity index (χ0n) is 19.8.